The number of esters is 1. The minimum absolute atomic E-state index is 0.351. The summed E-state index contributed by atoms with van der Waals surface area (Å²) < 4.78 is 4.74. The largest absolute Gasteiger partial charge is 0.465 e. The molecule has 86 valence electrons. The molecule has 1 aliphatic rings. The van der Waals surface area contributed by atoms with Crippen LogP contribution in [0, 0.1) is 6.92 Å². The first-order valence-electron chi connectivity index (χ1n) is 5.40. The molecular weight excluding hydrogens is 206 g/mol. The molecule has 1 aromatic heterocycles. The van der Waals surface area contributed by atoms with Crippen LogP contribution >= 0.6 is 0 Å². The van der Waals surface area contributed by atoms with Gasteiger partial charge < -0.3 is 9.84 Å². The highest BCUT2D eigenvalue weighted by Crippen LogP contribution is 2.30. The average molecular weight is 221 g/mol. The van der Waals surface area contributed by atoms with E-state index in [-0.39, 0.29) is 5.97 Å². The Morgan fingerprint density at radius 2 is 2.38 bits per heavy atom. The maximum absolute atomic E-state index is 11.6. The average Bonchev–Trinajstić information content (AvgIpc) is 2.28. The number of aryl methyl sites for hydroxylation is 1. The molecule has 0 aliphatic heterocycles. The van der Waals surface area contributed by atoms with Crippen LogP contribution in [0.1, 0.15) is 46.3 Å². The third-order valence-corrected chi connectivity index (χ3v) is 2.91. The first kappa shape index (κ1) is 11.1. The van der Waals surface area contributed by atoms with Gasteiger partial charge in [-0.1, -0.05) is 0 Å². The van der Waals surface area contributed by atoms with E-state index in [0.717, 1.165) is 24.1 Å². The first-order chi connectivity index (χ1) is 7.63. The molecule has 0 amide bonds. The summed E-state index contributed by atoms with van der Waals surface area (Å²) in [6, 6.07) is 1.72. The fraction of sp³-hybridized carbons (Fsp3) is 0.500. The zero-order chi connectivity index (χ0) is 11.7. The van der Waals surface area contributed by atoms with Crippen molar-refractivity contribution >= 4 is 5.97 Å². The molecule has 0 aromatic carbocycles. The molecule has 16 heavy (non-hydrogen) atoms. The molecule has 0 saturated heterocycles. The van der Waals surface area contributed by atoms with Gasteiger partial charge in [-0.3, -0.25) is 4.98 Å². The number of aliphatic hydroxyl groups is 1. The lowest BCUT2D eigenvalue weighted by Crippen LogP contribution is -2.17. The number of rotatable bonds is 1. The van der Waals surface area contributed by atoms with Crippen molar-refractivity contribution in [2.75, 3.05) is 7.11 Å². The van der Waals surface area contributed by atoms with Gasteiger partial charge in [0.05, 0.1) is 24.5 Å². The molecule has 1 aliphatic carbocycles. The van der Waals surface area contributed by atoms with Crippen molar-refractivity contribution in [2.24, 2.45) is 0 Å². The minimum Gasteiger partial charge on any atom is -0.465 e. The SMILES string of the molecule is COC(=O)c1cc(C)nc2c1CCCC2O. The van der Waals surface area contributed by atoms with Gasteiger partial charge in [0.1, 0.15) is 0 Å². The summed E-state index contributed by atoms with van der Waals surface area (Å²) in [7, 11) is 1.36. The molecule has 2 rings (SSSR count). The van der Waals surface area contributed by atoms with Gasteiger partial charge in [0, 0.05) is 5.69 Å². The predicted octanol–water partition coefficient (Wildman–Crippen LogP) is 1.55. The summed E-state index contributed by atoms with van der Waals surface area (Å²) in [5, 5.41) is 9.85. The van der Waals surface area contributed by atoms with E-state index in [1.807, 2.05) is 6.92 Å². The highest BCUT2D eigenvalue weighted by Gasteiger charge is 2.25. The van der Waals surface area contributed by atoms with Crippen LogP contribution in [0.3, 0.4) is 0 Å². The van der Waals surface area contributed by atoms with Crippen molar-refractivity contribution in [1.82, 2.24) is 4.98 Å². The third kappa shape index (κ3) is 1.80. The molecular formula is C12H15NO3. The van der Waals surface area contributed by atoms with Gasteiger partial charge >= 0.3 is 5.97 Å². The summed E-state index contributed by atoms with van der Waals surface area (Å²) in [4.78, 5) is 15.9. The molecule has 0 bridgehead atoms. The summed E-state index contributed by atoms with van der Waals surface area (Å²) in [6.07, 6.45) is 1.82. The van der Waals surface area contributed by atoms with E-state index < -0.39 is 6.10 Å². The lowest BCUT2D eigenvalue weighted by Gasteiger charge is -2.22. The van der Waals surface area contributed by atoms with Crippen molar-refractivity contribution < 1.29 is 14.6 Å². The maximum Gasteiger partial charge on any atom is 0.338 e. The lowest BCUT2D eigenvalue weighted by atomic mass is 9.90. The number of aliphatic hydroxyl groups excluding tert-OH is 1. The zero-order valence-corrected chi connectivity index (χ0v) is 9.49. The monoisotopic (exact) mass is 221 g/mol. The Labute approximate surface area is 94.3 Å². The fourth-order valence-electron chi connectivity index (χ4n) is 2.16. The van der Waals surface area contributed by atoms with Crippen LogP contribution in [0.25, 0.3) is 0 Å². The highest BCUT2D eigenvalue weighted by atomic mass is 16.5. The van der Waals surface area contributed by atoms with Gasteiger partial charge in [-0.15, -0.1) is 0 Å². The molecule has 1 unspecified atom stereocenters. The predicted molar refractivity (Wildman–Crippen MR) is 58.2 cm³/mol. The van der Waals surface area contributed by atoms with Gasteiger partial charge in [-0.25, -0.2) is 4.79 Å². The lowest BCUT2D eigenvalue weighted by molar-refractivity contribution is 0.0597. The quantitative estimate of drug-likeness (QED) is 0.731. The van der Waals surface area contributed by atoms with E-state index in [9.17, 15) is 9.90 Å². The number of carbonyl (C=O) groups is 1. The van der Waals surface area contributed by atoms with E-state index in [0.29, 0.717) is 17.7 Å². The molecule has 1 N–H and O–H groups in total. The summed E-state index contributed by atoms with van der Waals surface area (Å²) in [5.74, 6) is -0.351. The van der Waals surface area contributed by atoms with E-state index in [1.165, 1.54) is 7.11 Å². The number of aromatic nitrogens is 1. The van der Waals surface area contributed by atoms with Gasteiger partial charge in [-0.2, -0.15) is 0 Å². The van der Waals surface area contributed by atoms with Gasteiger partial charge in [-0.05, 0) is 37.8 Å². The van der Waals surface area contributed by atoms with Crippen LogP contribution in [-0.2, 0) is 11.2 Å². The Balaban J connectivity index is 2.57. The first-order valence-corrected chi connectivity index (χ1v) is 5.40. The number of fused-ring (bicyclic) bond motifs is 1. The molecule has 4 nitrogen and oxygen atoms in total. The maximum atomic E-state index is 11.6. The number of methoxy groups -OCH3 is 1. The topological polar surface area (TPSA) is 59.4 Å². The number of hydrogen-bond acceptors (Lipinski definition) is 4. The number of ether oxygens (including phenoxy) is 1. The van der Waals surface area contributed by atoms with Crippen molar-refractivity contribution in [3.8, 4) is 0 Å². The second kappa shape index (κ2) is 4.22. The van der Waals surface area contributed by atoms with Crippen LogP contribution in [0.15, 0.2) is 6.07 Å². The molecule has 0 fully saturated rings. The van der Waals surface area contributed by atoms with E-state index >= 15 is 0 Å². The van der Waals surface area contributed by atoms with Crippen molar-refractivity contribution in [3.05, 3.63) is 28.6 Å². The van der Waals surface area contributed by atoms with Gasteiger partial charge in [0.2, 0.25) is 0 Å². The van der Waals surface area contributed by atoms with Crippen LogP contribution < -0.4 is 0 Å². The van der Waals surface area contributed by atoms with E-state index in [2.05, 4.69) is 4.98 Å². The van der Waals surface area contributed by atoms with Crippen molar-refractivity contribution in [3.63, 3.8) is 0 Å². The molecule has 0 saturated carbocycles. The summed E-state index contributed by atoms with van der Waals surface area (Å²) >= 11 is 0. The third-order valence-electron chi connectivity index (χ3n) is 2.91. The second-order valence-corrected chi connectivity index (χ2v) is 4.07. The number of carbonyl (C=O) groups excluding carboxylic acids is 1. The molecule has 1 atom stereocenters. The number of hydrogen-bond donors (Lipinski definition) is 1. The standard InChI is InChI=1S/C12H15NO3/c1-7-6-9(12(15)16-2)8-4-3-5-10(14)11(8)13-7/h6,10,14H,3-5H2,1-2H3. The Morgan fingerprint density at radius 1 is 1.62 bits per heavy atom. The molecule has 0 spiro atoms. The van der Waals surface area contributed by atoms with Crippen LogP contribution in [-0.4, -0.2) is 23.2 Å². The van der Waals surface area contributed by atoms with Crippen LogP contribution in [0.4, 0.5) is 0 Å². The Kier molecular flexibility index (Phi) is 2.92. The van der Waals surface area contributed by atoms with E-state index in [4.69, 9.17) is 4.74 Å². The van der Waals surface area contributed by atoms with Crippen LogP contribution in [0.5, 0.6) is 0 Å². The van der Waals surface area contributed by atoms with Gasteiger partial charge in [0.15, 0.2) is 0 Å². The summed E-state index contributed by atoms with van der Waals surface area (Å²) in [6.45, 7) is 1.81. The Morgan fingerprint density at radius 3 is 3.06 bits per heavy atom. The second-order valence-electron chi connectivity index (χ2n) is 4.07. The number of pyridine rings is 1. The minimum atomic E-state index is -0.549. The molecule has 4 heteroatoms. The van der Waals surface area contributed by atoms with Crippen molar-refractivity contribution in [1.29, 1.82) is 0 Å². The van der Waals surface area contributed by atoms with Crippen LogP contribution in [0.2, 0.25) is 0 Å². The Hall–Kier alpha value is -1.42. The molecule has 1 aromatic rings. The van der Waals surface area contributed by atoms with E-state index in [1.54, 1.807) is 6.07 Å². The normalized spacial score (nSPS) is 19.1. The molecule has 0 radical (unpaired) electrons. The zero-order valence-electron chi connectivity index (χ0n) is 9.49. The number of nitrogens with zero attached hydrogens (tertiary/aromatic N) is 1. The van der Waals surface area contributed by atoms with Crippen molar-refractivity contribution in [2.45, 2.75) is 32.3 Å². The van der Waals surface area contributed by atoms with Gasteiger partial charge in [0.25, 0.3) is 0 Å². The smallest absolute Gasteiger partial charge is 0.338 e. The molecule has 1 heterocycles. The summed E-state index contributed by atoms with van der Waals surface area (Å²) in [5.41, 5.74) is 2.77. The Bertz CT molecular complexity index is 429. The highest BCUT2D eigenvalue weighted by molar-refractivity contribution is 5.91. The fourth-order valence-corrected chi connectivity index (χ4v) is 2.16.